The van der Waals surface area contributed by atoms with Gasteiger partial charge in [-0.1, -0.05) is 29.8 Å². The quantitative estimate of drug-likeness (QED) is 0.476. The van der Waals surface area contributed by atoms with Crippen LogP contribution < -0.4 is 10.2 Å². The Morgan fingerprint density at radius 1 is 1.18 bits per heavy atom. The fraction of sp³-hybridized carbons (Fsp3) is 0.154. The van der Waals surface area contributed by atoms with E-state index in [-0.39, 0.29) is 11.9 Å². The van der Waals surface area contributed by atoms with E-state index < -0.39 is 5.97 Å². The zero-order valence-corrected chi connectivity index (χ0v) is 19.5. The molecule has 5 rings (SSSR count). The highest BCUT2D eigenvalue weighted by Gasteiger charge is 2.25. The summed E-state index contributed by atoms with van der Waals surface area (Å²) in [4.78, 5) is 19.2. The van der Waals surface area contributed by atoms with Crippen molar-refractivity contribution in [1.82, 2.24) is 5.32 Å². The SMILES string of the molecule is CN(c1ccc(C(=O)O)cc1)C1N=CC2=C(N1)c1ccc(Cl)cc1C(c1cccs1)=CCC2. The Morgan fingerprint density at radius 2 is 2.00 bits per heavy atom. The smallest absolute Gasteiger partial charge is 0.335 e. The van der Waals surface area contributed by atoms with E-state index in [2.05, 4.69) is 35.0 Å². The molecule has 2 aromatic carbocycles. The summed E-state index contributed by atoms with van der Waals surface area (Å²) < 4.78 is 0. The Hall–Kier alpha value is -3.35. The Kier molecular flexibility index (Phi) is 5.79. The Labute approximate surface area is 201 Å². The van der Waals surface area contributed by atoms with Crippen molar-refractivity contribution in [3.8, 4) is 0 Å². The van der Waals surface area contributed by atoms with Crippen LogP contribution in [0.25, 0.3) is 11.3 Å². The minimum Gasteiger partial charge on any atom is -0.478 e. The first-order chi connectivity index (χ1) is 16.0. The first-order valence-electron chi connectivity index (χ1n) is 10.6. The Bertz CT molecular complexity index is 1290. The third-order valence-electron chi connectivity index (χ3n) is 5.94. The van der Waals surface area contributed by atoms with Crippen molar-refractivity contribution >= 4 is 52.1 Å². The molecule has 1 atom stereocenters. The number of carboxylic acids is 1. The third kappa shape index (κ3) is 4.19. The van der Waals surface area contributed by atoms with Crippen LogP contribution in [0.2, 0.25) is 5.02 Å². The van der Waals surface area contributed by atoms with Gasteiger partial charge in [-0.05, 0) is 77.4 Å². The molecule has 33 heavy (non-hydrogen) atoms. The number of carbonyl (C=O) groups is 1. The van der Waals surface area contributed by atoms with Crippen LogP contribution in [0.5, 0.6) is 0 Å². The van der Waals surface area contributed by atoms with Gasteiger partial charge < -0.3 is 15.3 Å². The minimum absolute atomic E-state index is 0.260. The molecule has 1 aromatic heterocycles. The lowest BCUT2D eigenvalue weighted by Crippen LogP contribution is -2.44. The van der Waals surface area contributed by atoms with E-state index in [1.165, 1.54) is 10.5 Å². The van der Waals surface area contributed by atoms with Crippen molar-refractivity contribution in [1.29, 1.82) is 0 Å². The summed E-state index contributed by atoms with van der Waals surface area (Å²) in [6.45, 7) is 0. The fourth-order valence-electron chi connectivity index (χ4n) is 4.21. The normalized spacial score (nSPS) is 17.3. The number of anilines is 1. The van der Waals surface area contributed by atoms with E-state index in [0.717, 1.165) is 40.9 Å². The van der Waals surface area contributed by atoms with Crippen LogP contribution >= 0.6 is 22.9 Å². The number of nitrogens with one attached hydrogen (secondary N) is 1. The summed E-state index contributed by atoms with van der Waals surface area (Å²) in [5, 5.41) is 15.6. The molecule has 1 aliphatic heterocycles. The number of halogens is 1. The van der Waals surface area contributed by atoms with E-state index in [1.807, 2.05) is 30.3 Å². The number of rotatable bonds is 4. The molecular formula is C26H22ClN3O2S. The number of benzene rings is 2. The van der Waals surface area contributed by atoms with Crippen LogP contribution in [0, 0.1) is 0 Å². The first kappa shape index (κ1) is 21.5. The number of allylic oxidation sites excluding steroid dienone is 2. The molecule has 2 N–H and O–H groups in total. The van der Waals surface area contributed by atoms with Crippen molar-refractivity contribution in [3.63, 3.8) is 0 Å². The highest BCUT2D eigenvalue weighted by molar-refractivity contribution is 7.11. The second kappa shape index (κ2) is 8.89. The van der Waals surface area contributed by atoms with Gasteiger partial charge in [-0.15, -0.1) is 11.3 Å². The van der Waals surface area contributed by atoms with Crippen LogP contribution in [0.1, 0.15) is 39.2 Å². The maximum atomic E-state index is 11.2. The minimum atomic E-state index is -0.938. The molecule has 1 aliphatic carbocycles. The molecule has 0 saturated carbocycles. The van der Waals surface area contributed by atoms with Gasteiger partial charge in [0.2, 0.25) is 0 Å². The van der Waals surface area contributed by atoms with E-state index in [4.69, 9.17) is 16.6 Å². The zero-order valence-electron chi connectivity index (χ0n) is 18.0. The molecule has 0 saturated heterocycles. The van der Waals surface area contributed by atoms with Gasteiger partial charge in [-0.2, -0.15) is 0 Å². The summed E-state index contributed by atoms with van der Waals surface area (Å²) in [5.41, 5.74) is 6.75. The van der Waals surface area contributed by atoms with Crippen LogP contribution in [-0.2, 0) is 0 Å². The van der Waals surface area contributed by atoms with E-state index in [1.54, 1.807) is 35.6 Å². The summed E-state index contributed by atoms with van der Waals surface area (Å²) in [7, 11) is 1.94. The van der Waals surface area contributed by atoms with Gasteiger partial charge in [-0.25, -0.2) is 9.79 Å². The molecule has 2 heterocycles. The first-order valence-corrected chi connectivity index (χ1v) is 11.9. The van der Waals surface area contributed by atoms with Gasteiger partial charge >= 0.3 is 5.97 Å². The number of hydrogen-bond acceptors (Lipinski definition) is 5. The number of thiophene rings is 1. The molecule has 0 amide bonds. The van der Waals surface area contributed by atoms with Crippen molar-refractivity contribution in [3.05, 3.63) is 98.2 Å². The van der Waals surface area contributed by atoms with Crippen LogP contribution in [-0.4, -0.2) is 30.6 Å². The van der Waals surface area contributed by atoms with Gasteiger partial charge in [0.25, 0.3) is 0 Å². The second-order valence-electron chi connectivity index (χ2n) is 7.98. The lowest BCUT2D eigenvalue weighted by atomic mass is 9.89. The van der Waals surface area contributed by atoms with Crippen LogP contribution in [0.3, 0.4) is 0 Å². The van der Waals surface area contributed by atoms with Gasteiger partial charge in [0.1, 0.15) is 0 Å². The highest BCUT2D eigenvalue weighted by atomic mass is 35.5. The Morgan fingerprint density at radius 3 is 2.73 bits per heavy atom. The predicted octanol–water partition coefficient (Wildman–Crippen LogP) is 6.13. The summed E-state index contributed by atoms with van der Waals surface area (Å²) >= 11 is 8.16. The van der Waals surface area contributed by atoms with E-state index >= 15 is 0 Å². The van der Waals surface area contributed by atoms with Gasteiger partial charge in [-0.3, -0.25) is 0 Å². The Balaban J connectivity index is 1.51. The van der Waals surface area contributed by atoms with E-state index in [9.17, 15) is 9.90 Å². The number of nitrogens with zero attached hydrogens (tertiary/aromatic N) is 2. The molecular weight excluding hydrogens is 454 g/mol. The average Bonchev–Trinajstić information content (AvgIpc) is 3.35. The summed E-state index contributed by atoms with van der Waals surface area (Å²) in [6, 6.07) is 17.1. The van der Waals surface area contributed by atoms with E-state index in [0.29, 0.717) is 5.02 Å². The zero-order chi connectivity index (χ0) is 22.9. The van der Waals surface area contributed by atoms with Gasteiger partial charge in [0.15, 0.2) is 6.29 Å². The van der Waals surface area contributed by atoms with Gasteiger partial charge in [0.05, 0.1) is 5.56 Å². The number of carboxylic acid groups (broad SMARTS) is 1. The van der Waals surface area contributed by atoms with Crippen molar-refractivity contribution in [2.75, 3.05) is 11.9 Å². The molecule has 0 spiro atoms. The largest absolute Gasteiger partial charge is 0.478 e. The highest BCUT2D eigenvalue weighted by Crippen LogP contribution is 2.38. The number of aromatic carboxylic acids is 1. The van der Waals surface area contributed by atoms with Crippen LogP contribution in [0.4, 0.5) is 5.69 Å². The number of hydrogen-bond donors (Lipinski definition) is 2. The molecule has 166 valence electrons. The second-order valence-corrected chi connectivity index (χ2v) is 9.37. The topological polar surface area (TPSA) is 64.9 Å². The van der Waals surface area contributed by atoms with Gasteiger partial charge in [0, 0.05) is 40.1 Å². The average molecular weight is 476 g/mol. The maximum Gasteiger partial charge on any atom is 0.335 e. The number of aliphatic imine (C=N–C) groups is 1. The lowest BCUT2D eigenvalue weighted by Gasteiger charge is -2.34. The molecule has 0 fully saturated rings. The standard InChI is InChI=1S/C26H22ClN3O2S/c1-30(19-10-7-16(8-11-19)25(31)32)26-28-15-17-4-2-5-20(23-6-3-13-33-23)22-14-18(27)9-12-21(22)24(17)29-26/h3,5-15,26,29H,2,4H2,1H3,(H,31,32). The molecule has 0 radical (unpaired) electrons. The molecule has 1 unspecified atom stereocenters. The third-order valence-corrected chi connectivity index (χ3v) is 7.08. The lowest BCUT2D eigenvalue weighted by molar-refractivity contribution is 0.0697. The van der Waals surface area contributed by atoms with Crippen molar-refractivity contribution in [2.24, 2.45) is 4.99 Å². The number of fused-ring (bicyclic) bond motifs is 2. The monoisotopic (exact) mass is 475 g/mol. The maximum absolute atomic E-state index is 11.2. The fourth-order valence-corrected chi connectivity index (χ4v) is 5.16. The van der Waals surface area contributed by atoms with Crippen LogP contribution in [0.15, 0.2) is 76.6 Å². The molecule has 2 aliphatic rings. The van der Waals surface area contributed by atoms with Crippen molar-refractivity contribution < 1.29 is 9.90 Å². The van der Waals surface area contributed by atoms with Crippen molar-refractivity contribution in [2.45, 2.75) is 19.1 Å². The summed E-state index contributed by atoms with van der Waals surface area (Å²) in [6.07, 6.45) is 5.72. The molecule has 7 heteroatoms. The summed E-state index contributed by atoms with van der Waals surface area (Å²) in [5.74, 6) is -0.938. The molecule has 0 bridgehead atoms. The molecule has 3 aromatic rings. The predicted molar refractivity (Wildman–Crippen MR) is 136 cm³/mol. The molecule has 5 nitrogen and oxygen atoms in total.